The number of halogens is 2. The van der Waals surface area contributed by atoms with Gasteiger partial charge in [-0.1, -0.05) is 31.9 Å². The van der Waals surface area contributed by atoms with E-state index in [4.69, 9.17) is 5.73 Å². The number of nitrogens with two attached hydrogens (primary N) is 1. The van der Waals surface area contributed by atoms with E-state index in [1.54, 1.807) is 18.2 Å². The van der Waals surface area contributed by atoms with Crippen LogP contribution in [0.4, 0.5) is 11.4 Å². The van der Waals surface area contributed by atoms with Gasteiger partial charge in [0.15, 0.2) is 0 Å². The molecule has 98 valence electrons. The molecule has 0 aromatic heterocycles. The molecule has 4 N–H and O–H groups in total. The highest BCUT2D eigenvalue weighted by Gasteiger charge is 2.10. The van der Waals surface area contributed by atoms with Crippen LogP contribution in [0, 0.1) is 0 Å². The van der Waals surface area contributed by atoms with Crippen LogP contribution in [0.5, 0.6) is 5.75 Å². The van der Waals surface area contributed by atoms with Gasteiger partial charge in [-0.05, 0) is 30.3 Å². The van der Waals surface area contributed by atoms with Gasteiger partial charge in [-0.15, -0.1) is 0 Å². The van der Waals surface area contributed by atoms with Gasteiger partial charge in [-0.25, -0.2) is 0 Å². The molecule has 0 saturated carbocycles. The molecule has 19 heavy (non-hydrogen) atoms. The summed E-state index contributed by atoms with van der Waals surface area (Å²) in [4.78, 5) is 12.1. The minimum absolute atomic E-state index is 0.0562. The molecule has 1 amide bonds. The van der Waals surface area contributed by atoms with Crippen molar-refractivity contribution in [2.75, 3.05) is 11.1 Å². The third-order valence-corrected chi connectivity index (χ3v) is 3.32. The molecule has 0 aliphatic rings. The molecular formula is C13H10Br2N2O2. The highest BCUT2D eigenvalue weighted by atomic mass is 79.9. The average Bonchev–Trinajstić information content (AvgIpc) is 2.31. The van der Waals surface area contributed by atoms with Crippen LogP contribution < -0.4 is 11.1 Å². The number of nitrogens with one attached hydrogen (secondary N) is 1. The van der Waals surface area contributed by atoms with Gasteiger partial charge in [0.05, 0.1) is 11.4 Å². The molecule has 2 aromatic rings. The number of phenolic OH excluding ortho intramolecular Hbond substituents is 1. The number of carbonyl (C=O) groups excluding carboxylic acids is 1. The third-order valence-electron chi connectivity index (χ3n) is 2.41. The number of benzene rings is 2. The van der Waals surface area contributed by atoms with E-state index < -0.39 is 0 Å². The Kier molecular flexibility index (Phi) is 4.11. The van der Waals surface area contributed by atoms with Crippen molar-refractivity contribution < 1.29 is 9.90 Å². The highest BCUT2D eigenvalue weighted by molar-refractivity contribution is 9.11. The predicted octanol–water partition coefficient (Wildman–Crippen LogP) is 3.75. The Hall–Kier alpha value is -1.53. The maximum absolute atomic E-state index is 12.1. The van der Waals surface area contributed by atoms with Crippen molar-refractivity contribution in [3.8, 4) is 5.75 Å². The minimum atomic E-state index is -0.278. The van der Waals surface area contributed by atoms with Crippen LogP contribution >= 0.6 is 31.9 Å². The molecule has 2 rings (SSSR count). The van der Waals surface area contributed by atoms with Crippen molar-refractivity contribution >= 4 is 49.1 Å². The van der Waals surface area contributed by atoms with E-state index in [0.717, 1.165) is 8.95 Å². The molecule has 0 spiro atoms. The van der Waals surface area contributed by atoms with Crippen LogP contribution in [0.15, 0.2) is 45.3 Å². The Morgan fingerprint density at radius 1 is 1.11 bits per heavy atom. The van der Waals surface area contributed by atoms with E-state index in [0.29, 0.717) is 16.9 Å². The molecule has 0 aliphatic carbocycles. The van der Waals surface area contributed by atoms with Crippen molar-refractivity contribution in [3.63, 3.8) is 0 Å². The second-order valence-corrected chi connectivity index (χ2v) is 5.72. The van der Waals surface area contributed by atoms with Crippen LogP contribution in [0.25, 0.3) is 0 Å². The smallest absolute Gasteiger partial charge is 0.255 e. The number of nitrogen functional groups attached to an aromatic ring is 1. The molecule has 0 aliphatic heterocycles. The number of aromatic hydroxyl groups is 1. The lowest BCUT2D eigenvalue weighted by atomic mass is 10.2. The number of carbonyl (C=O) groups is 1. The van der Waals surface area contributed by atoms with Gasteiger partial charge in [-0.2, -0.15) is 0 Å². The number of rotatable bonds is 2. The monoisotopic (exact) mass is 384 g/mol. The van der Waals surface area contributed by atoms with Crippen molar-refractivity contribution in [1.82, 2.24) is 0 Å². The van der Waals surface area contributed by atoms with Crippen molar-refractivity contribution in [3.05, 3.63) is 50.9 Å². The molecule has 0 saturated heterocycles. The van der Waals surface area contributed by atoms with Crippen LogP contribution in [0.2, 0.25) is 0 Å². The molecule has 0 unspecified atom stereocenters. The van der Waals surface area contributed by atoms with Crippen LogP contribution in [0.3, 0.4) is 0 Å². The van der Waals surface area contributed by atoms with E-state index in [-0.39, 0.29) is 11.7 Å². The van der Waals surface area contributed by atoms with Gasteiger partial charge < -0.3 is 16.2 Å². The summed E-state index contributed by atoms with van der Waals surface area (Å²) >= 11 is 6.65. The lowest BCUT2D eigenvalue weighted by molar-refractivity contribution is 0.102. The Morgan fingerprint density at radius 2 is 1.74 bits per heavy atom. The van der Waals surface area contributed by atoms with E-state index in [9.17, 15) is 9.90 Å². The Morgan fingerprint density at radius 3 is 2.32 bits per heavy atom. The first kappa shape index (κ1) is 13.9. The Labute approximate surface area is 126 Å². The zero-order valence-corrected chi connectivity index (χ0v) is 12.8. The largest absolute Gasteiger partial charge is 0.508 e. The van der Waals surface area contributed by atoms with Gasteiger partial charge in [0.2, 0.25) is 0 Å². The summed E-state index contributed by atoms with van der Waals surface area (Å²) in [6.07, 6.45) is 0. The fourth-order valence-electron chi connectivity index (χ4n) is 1.54. The summed E-state index contributed by atoms with van der Waals surface area (Å²) in [5, 5.41) is 11.9. The number of hydrogen-bond acceptors (Lipinski definition) is 3. The Balaban J connectivity index is 2.25. The zero-order valence-electron chi connectivity index (χ0n) is 9.65. The average molecular weight is 386 g/mol. The normalized spacial score (nSPS) is 10.2. The van der Waals surface area contributed by atoms with Gasteiger partial charge >= 0.3 is 0 Å². The summed E-state index contributed by atoms with van der Waals surface area (Å²) < 4.78 is 1.59. The number of amides is 1. The highest BCUT2D eigenvalue weighted by Crippen LogP contribution is 2.25. The minimum Gasteiger partial charge on any atom is -0.508 e. The van der Waals surface area contributed by atoms with Crippen molar-refractivity contribution in [2.24, 2.45) is 0 Å². The number of anilines is 2. The summed E-state index contributed by atoms with van der Waals surface area (Å²) in [6.45, 7) is 0. The van der Waals surface area contributed by atoms with E-state index in [2.05, 4.69) is 37.2 Å². The molecule has 4 nitrogen and oxygen atoms in total. The van der Waals surface area contributed by atoms with Gasteiger partial charge in [0.1, 0.15) is 5.75 Å². The molecule has 0 heterocycles. The summed E-state index contributed by atoms with van der Waals surface area (Å²) in [7, 11) is 0. The molecule has 0 radical (unpaired) electrons. The van der Waals surface area contributed by atoms with E-state index in [1.807, 2.05) is 6.07 Å². The van der Waals surface area contributed by atoms with Crippen LogP contribution in [0.1, 0.15) is 10.4 Å². The number of phenols is 1. The maximum atomic E-state index is 12.1. The molecule has 0 fully saturated rings. The molecule has 2 aromatic carbocycles. The lowest BCUT2D eigenvalue weighted by Gasteiger charge is -2.09. The summed E-state index contributed by atoms with van der Waals surface area (Å²) in [5.41, 5.74) is 6.97. The predicted molar refractivity (Wildman–Crippen MR) is 82.3 cm³/mol. The molecule has 0 bridgehead atoms. The zero-order chi connectivity index (χ0) is 14.0. The first-order chi connectivity index (χ1) is 8.95. The topological polar surface area (TPSA) is 75.3 Å². The third kappa shape index (κ3) is 3.48. The fourth-order valence-corrected chi connectivity index (χ4v) is 2.84. The van der Waals surface area contributed by atoms with E-state index in [1.165, 1.54) is 12.1 Å². The second-order valence-electron chi connectivity index (χ2n) is 3.88. The van der Waals surface area contributed by atoms with E-state index >= 15 is 0 Å². The SMILES string of the molecule is Nc1cc(O)ccc1NC(=O)c1cc(Br)cc(Br)c1. The van der Waals surface area contributed by atoms with Gasteiger partial charge in [0, 0.05) is 20.6 Å². The van der Waals surface area contributed by atoms with Crippen LogP contribution in [-0.2, 0) is 0 Å². The maximum Gasteiger partial charge on any atom is 0.255 e. The second kappa shape index (κ2) is 5.63. The van der Waals surface area contributed by atoms with Crippen molar-refractivity contribution in [1.29, 1.82) is 0 Å². The Bertz CT molecular complexity index is 624. The standard InChI is InChI=1S/C13H10Br2N2O2/c14-8-3-7(4-9(15)5-8)13(19)17-12-2-1-10(18)6-11(12)16/h1-6,18H,16H2,(H,17,19). The molecular weight excluding hydrogens is 376 g/mol. The number of hydrogen-bond donors (Lipinski definition) is 3. The van der Waals surface area contributed by atoms with Gasteiger partial charge in [0.25, 0.3) is 5.91 Å². The van der Waals surface area contributed by atoms with Gasteiger partial charge in [-0.3, -0.25) is 4.79 Å². The first-order valence-corrected chi connectivity index (χ1v) is 6.90. The molecule has 6 heteroatoms. The summed E-state index contributed by atoms with van der Waals surface area (Å²) in [5.74, 6) is -0.222. The lowest BCUT2D eigenvalue weighted by Crippen LogP contribution is -2.13. The van der Waals surface area contributed by atoms with Crippen LogP contribution in [-0.4, -0.2) is 11.0 Å². The molecule has 0 atom stereocenters. The quantitative estimate of drug-likeness (QED) is 0.544. The summed E-state index contributed by atoms with van der Waals surface area (Å²) in [6, 6.07) is 9.64. The van der Waals surface area contributed by atoms with Crippen molar-refractivity contribution in [2.45, 2.75) is 0 Å². The fraction of sp³-hybridized carbons (Fsp3) is 0. The first-order valence-electron chi connectivity index (χ1n) is 5.31.